The molecule has 2 aromatic rings. The summed E-state index contributed by atoms with van der Waals surface area (Å²) >= 11 is 2.25. The van der Waals surface area contributed by atoms with Gasteiger partial charge in [0.15, 0.2) is 5.69 Å². The summed E-state index contributed by atoms with van der Waals surface area (Å²) in [5.41, 5.74) is 7.37. The molecular formula is C13H14IN3O2. The Bertz CT molecular complexity index is 578. The molecular weight excluding hydrogens is 357 g/mol. The summed E-state index contributed by atoms with van der Waals surface area (Å²) in [4.78, 5) is 11.6. The van der Waals surface area contributed by atoms with Crippen molar-refractivity contribution in [2.45, 2.75) is 13.5 Å². The molecule has 1 heterocycles. The molecule has 5 nitrogen and oxygen atoms in total. The van der Waals surface area contributed by atoms with E-state index in [9.17, 15) is 4.79 Å². The van der Waals surface area contributed by atoms with Crippen LogP contribution < -0.4 is 5.73 Å². The maximum absolute atomic E-state index is 11.6. The highest BCUT2D eigenvalue weighted by Crippen LogP contribution is 2.13. The van der Waals surface area contributed by atoms with E-state index in [2.05, 4.69) is 27.7 Å². The third kappa shape index (κ3) is 3.46. The van der Waals surface area contributed by atoms with Gasteiger partial charge in [-0.1, -0.05) is 12.1 Å². The summed E-state index contributed by atoms with van der Waals surface area (Å²) < 4.78 is 7.71. The molecule has 0 fully saturated rings. The van der Waals surface area contributed by atoms with E-state index in [1.165, 1.54) is 3.57 Å². The van der Waals surface area contributed by atoms with Gasteiger partial charge < -0.3 is 10.5 Å². The number of halogens is 1. The van der Waals surface area contributed by atoms with E-state index in [-0.39, 0.29) is 5.69 Å². The van der Waals surface area contributed by atoms with Crippen molar-refractivity contribution in [1.82, 2.24) is 9.78 Å². The fraction of sp³-hybridized carbons (Fsp3) is 0.231. The Balaban J connectivity index is 2.16. The molecule has 0 aliphatic rings. The zero-order valence-corrected chi connectivity index (χ0v) is 12.6. The standard InChI is InChI=1S/C13H14IN3O2/c1-2-19-13(18)12-11(15)8-17(16-12)7-9-3-5-10(14)6-4-9/h3-6,8H,2,7,15H2,1H3. The molecule has 0 unspecified atom stereocenters. The van der Waals surface area contributed by atoms with Gasteiger partial charge in [-0.15, -0.1) is 0 Å². The molecule has 19 heavy (non-hydrogen) atoms. The van der Waals surface area contributed by atoms with Gasteiger partial charge in [0.25, 0.3) is 0 Å². The first kappa shape index (κ1) is 13.9. The average molecular weight is 371 g/mol. The monoisotopic (exact) mass is 371 g/mol. The van der Waals surface area contributed by atoms with Crippen LogP contribution in [0.5, 0.6) is 0 Å². The lowest BCUT2D eigenvalue weighted by Crippen LogP contribution is -2.09. The highest BCUT2D eigenvalue weighted by molar-refractivity contribution is 14.1. The number of nitrogens with zero attached hydrogens (tertiary/aromatic N) is 2. The molecule has 1 aromatic carbocycles. The van der Waals surface area contributed by atoms with E-state index < -0.39 is 5.97 Å². The number of nitrogens with two attached hydrogens (primary N) is 1. The molecule has 0 atom stereocenters. The maximum Gasteiger partial charge on any atom is 0.361 e. The number of anilines is 1. The number of carbonyl (C=O) groups is 1. The van der Waals surface area contributed by atoms with E-state index >= 15 is 0 Å². The van der Waals surface area contributed by atoms with Crippen molar-refractivity contribution in [2.75, 3.05) is 12.3 Å². The summed E-state index contributed by atoms with van der Waals surface area (Å²) in [7, 11) is 0. The van der Waals surface area contributed by atoms with Gasteiger partial charge in [-0.3, -0.25) is 4.68 Å². The smallest absolute Gasteiger partial charge is 0.361 e. The van der Waals surface area contributed by atoms with Crippen LogP contribution in [0.15, 0.2) is 30.5 Å². The van der Waals surface area contributed by atoms with Gasteiger partial charge in [-0.2, -0.15) is 5.10 Å². The predicted octanol–water partition coefficient (Wildman–Crippen LogP) is 2.29. The highest BCUT2D eigenvalue weighted by Gasteiger charge is 2.15. The number of ether oxygens (including phenoxy) is 1. The number of hydrogen-bond donors (Lipinski definition) is 1. The summed E-state index contributed by atoms with van der Waals surface area (Å²) in [5.74, 6) is -0.485. The Hall–Kier alpha value is -1.57. The molecule has 6 heteroatoms. The lowest BCUT2D eigenvalue weighted by molar-refractivity contribution is 0.0519. The molecule has 2 rings (SSSR count). The molecule has 0 amide bonds. The molecule has 0 spiro atoms. The van der Waals surface area contributed by atoms with Gasteiger partial charge in [-0.05, 0) is 47.2 Å². The Morgan fingerprint density at radius 1 is 1.42 bits per heavy atom. The van der Waals surface area contributed by atoms with Crippen LogP contribution in [-0.2, 0) is 11.3 Å². The lowest BCUT2D eigenvalue weighted by atomic mass is 10.2. The number of nitrogen functional groups attached to an aromatic ring is 1. The Morgan fingerprint density at radius 2 is 2.11 bits per heavy atom. The van der Waals surface area contributed by atoms with Gasteiger partial charge in [0.1, 0.15) is 0 Å². The molecule has 2 N–H and O–H groups in total. The maximum atomic E-state index is 11.6. The van der Waals surface area contributed by atoms with Crippen LogP contribution in [0, 0.1) is 3.57 Å². The van der Waals surface area contributed by atoms with Crippen molar-refractivity contribution >= 4 is 34.2 Å². The summed E-state index contributed by atoms with van der Waals surface area (Å²) in [6, 6.07) is 8.08. The second-order valence-corrected chi connectivity index (χ2v) is 5.22. The van der Waals surface area contributed by atoms with E-state index in [4.69, 9.17) is 10.5 Å². The SMILES string of the molecule is CCOC(=O)c1nn(Cc2ccc(I)cc2)cc1N. The third-order valence-corrected chi connectivity index (χ3v) is 3.24. The normalized spacial score (nSPS) is 10.4. The number of esters is 1. The summed E-state index contributed by atoms with van der Waals surface area (Å²) in [6.45, 7) is 2.62. The van der Waals surface area contributed by atoms with Crippen LogP contribution in [-0.4, -0.2) is 22.4 Å². The minimum atomic E-state index is -0.485. The van der Waals surface area contributed by atoms with Gasteiger partial charge in [0.05, 0.1) is 18.8 Å². The predicted molar refractivity (Wildman–Crippen MR) is 80.9 cm³/mol. The van der Waals surface area contributed by atoms with Crippen molar-refractivity contribution in [3.8, 4) is 0 Å². The van der Waals surface area contributed by atoms with E-state index in [0.717, 1.165) is 5.56 Å². The number of hydrogen-bond acceptors (Lipinski definition) is 4. The lowest BCUT2D eigenvalue weighted by Gasteiger charge is -2.02. The minimum Gasteiger partial charge on any atom is -0.461 e. The average Bonchev–Trinajstić information content (AvgIpc) is 2.74. The van der Waals surface area contributed by atoms with Crippen molar-refractivity contribution in [1.29, 1.82) is 0 Å². The molecule has 0 aliphatic carbocycles. The van der Waals surface area contributed by atoms with Gasteiger partial charge in [-0.25, -0.2) is 4.79 Å². The number of benzene rings is 1. The number of rotatable bonds is 4. The van der Waals surface area contributed by atoms with Crippen molar-refractivity contribution in [2.24, 2.45) is 0 Å². The summed E-state index contributed by atoms with van der Waals surface area (Å²) in [6.07, 6.45) is 1.64. The Morgan fingerprint density at radius 3 is 2.74 bits per heavy atom. The zero-order chi connectivity index (χ0) is 13.8. The second kappa shape index (κ2) is 6.05. The molecule has 0 bridgehead atoms. The third-order valence-electron chi connectivity index (χ3n) is 2.52. The number of carbonyl (C=O) groups excluding carboxylic acids is 1. The Labute approximate surface area is 124 Å². The van der Waals surface area contributed by atoms with Crippen LogP contribution in [0.25, 0.3) is 0 Å². The first-order valence-corrected chi connectivity index (χ1v) is 6.92. The topological polar surface area (TPSA) is 70.1 Å². The van der Waals surface area contributed by atoms with Crippen LogP contribution in [0.4, 0.5) is 5.69 Å². The first-order valence-electron chi connectivity index (χ1n) is 5.84. The largest absolute Gasteiger partial charge is 0.461 e. The number of aromatic nitrogens is 2. The molecule has 0 aliphatic heterocycles. The van der Waals surface area contributed by atoms with Crippen molar-refractivity contribution in [3.63, 3.8) is 0 Å². The van der Waals surface area contributed by atoms with E-state index in [0.29, 0.717) is 18.8 Å². The van der Waals surface area contributed by atoms with E-state index in [1.807, 2.05) is 24.3 Å². The van der Waals surface area contributed by atoms with Crippen LogP contribution in [0.3, 0.4) is 0 Å². The van der Waals surface area contributed by atoms with Crippen LogP contribution in [0.2, 0.25) is 0 Å². The first-order chi connectivity index (χ1) is 9.10. The fourth-order valence-corrected chi connectivity index (χ4v) is 2.01. The quantitative estimate of drug-likeness (QED) is 0.662. The van der Waals surface area contributed by atoms with Crippen LogP contribution in [0.1, 0.15) is 23.0 Å². The zero-order valence-electron chi connectivity index (χ0n) is 10.5. The van der Waals surface area contributed by atoms with Gasteiger partial charge in [0, 0.05) is 9.77 Å². The highest BCUT2D eigenvalue weighted by atomic mass is 127. The molecule has 0 saturated heterocycles. The molecule has 1 aromatic heterocycles. The van der Waals surface area contributed by atoms with Gasteiger partial charge in [0.2, 0.25) is 0 Å². The second-order valence-electron chi connectivity index (χ2n) is 3.98. The molecule has 0 radical (unpaired) electrons. The summed E-state index contributed by atoms with van der Waals surface area (Å²) in [5, 5.41) is 4.16. The van der Waals surface area contributed by atoms with Crippen molar-refractivity contribution in [3.05, 3.63) is 45.3 Å². The fourth-order valence-electron chi connectivity index (χ4n) is 1.65. The Kier molecular flexibility index (Phi) is 4.41. The van der Waals surface area contributed by atoms with Crippen molar-refractivity contribution < 1.29 is 9.53 Å². The molecule has 0 saturated carbocycles. The van der Waals surface area contributed by atoms with Crippen LogP contribution >= 0.6 is 22.6 Å². The van der Waals surface area contributed by atoms with Gasteiger partial charge >= 0.3 is 5.97 Å². The minimum absolute atomic E-state index is 0.173. The van der Waals surface area contributed by atoms with E-state index in [1.54, 1.807) is 17.8 Å². The molecule has 100 valence electrons.